The minimum absolute atomic E-state index is 0.0296. The van der Waals surface area contributed by atoms with E-state index >= 15 is 0 Å². The van der Waals surface area contributed by atoms with Crippen molar-refractivity contribution in [2.75, 3.05) is 13.7 Å². The molecule has 182 valence electrons. The highest BCUT2D eigenvalue weighted by Crippen LogP contribution is 2.88. The number of carbonyl (C=O) groups is 1. The number of hydrogen-bond acceptors (Lipinski definition) is 5. The largest absolute Gasteiger partial charge is 0.507 e. The van der Waals surface area contributed by atoms with Gasteiger partial charge in [0.25, 0.3) is 0 Å². The molecule has 2 spiro atoms. The molecule has 5 aliphatic rings. The van der Waals surface area contributed by atoms with E-state index in [1.165, 1.54) is 39.2 Å². The van der Waals surface area contributed by atoms with Crippen molar-refractivity contribution in [2.24, 2.45) is 51.8 Å². The summed E-state index contributed by atoms with van der Waals surface area (Å²) >= 11 is 0. The molecule has 10 atom stereocenters. The topological polar surface area (TPSA) is 76.0 Å². The normalized spacial score (nSPS) is 50.4. The summed E-state index contributed by atoms with van der Waals surface area (Å²) in [6.45, 7) is 7.59. The quantitative estimate of drug-likeness (QED) is 0.448. The summed E-state index contributed by atoms with van der Waals surface area (Å²) in [6.07, 6.45) is 10.2. The molecule has 2 N–H and O–H groups in total. The van der Waals surface area contributed by atoms with Crippen LogP contribution in [-0.2, 0) is 9.47 Å². The van der Waals surface area contributed by atoms with Crippen molar-refractivity contribution in [3.8, 4) is 0 Å². The van der Waals surface area contributed by atoms with Crippen molar-refractivity contribution < 1.29 is 24.5 Å². The van der Waals surface area contributed by atoms with Gasteiger partial charge in [-0.25, -0.2) is 4.79 Å². The monoisotopic (exact) mass is 448 g/mol. The van der Waals surface area contributed by atoms with Crippen LogP contribution in [0.1, 0.15) is 85.0 Å². The van der Waals surface area contributed by atoms with E-state index in [0.29, 0.717) is 41.1 Å². The summed E-state index contributed by atoms with van der Waals surface area (Å²) < 4.78 is 9.55. The van der Waals surface area contributed by atoms with Crippen LogP contribution in [0.15, 0.2) is 0 Å². The van der Waals surface area contributed by atoms with Gasteiger partial charge in [0.2, 0.25) is 0 Å². The lowest BCUT2D eigenvalue weighted by molar-refractivity contribution is -0.122. The van der Waals surface area contributed by atoms with Crippen LogP contribution in [0.5, 0.6) is 0 Å². The molecule has 5 fully saturated rings. The minimum atomic E-state index is -0.606. The molecule has 0 saturated heterocycles. The molecular weight excluding hydrogens is 404 g/mol. The molecule has 0 aromatic heterocycles. The molecule has 5 nitrogen and oxygen atoms in total. The highest BCUT2D eigenvalue weighted by Gasteiger charge is 2.83. The van der Waals surface area contributed by atoms with Gasteiger partial charge in [-0.15, -0.1) is 0 Å². The van der Waals surface area contributed by atoms with Gasteiger partial charge in [-0.2, -0.15) is 0 Å². The number of aliphatic hydroxyl groups excluding tert-OH is 2. The zero-order valence-corrected chi connectivity index (χ0v) is 20.5. The third-order valence-corrected chi connectivity index (χ3v) is 11.8. The van der Waals surface area contributed by atoms with Gasteiger partial charge in [0.15, 0.2) is 0 Å². The molecule has 5 heteroatoms. The molecule has 0 radical (unpaired) electrons. The van der Waals surface area contributed by atoms with Crippen LogP contribution in [0.3, 0.4) is 0 Å². The Morgan fingerprint density at radius 1 is 1.00 bits per heavy atom. The first-order valence-electron chi connectivity index (χ1n) is 13.3. The smallest absolute Gasteiger partial charge is 0.438 e. The lowest BCUT2D eigenvalue weighted by Gasteiger charge is -2.57. The van der Waals surface area contributed by atoms with E-state index in [0.717, 1.165) is 43.9 Å². The average molecular weight is 449 g/mol. The lowest BCUT2D eigenvalue weighted by atomic mass is 9.48. The Morgan fingerprint density at radius 3 is 2.50 bits per heavy atom. The first-order chi connectivity index (χ1) is 15.2. The Balaban J connectivity index is 1.27. The van der Waals surface area contributed by atoms with Crippen LogP contribution < -0.4 is 0 Å². The van der Waals surface area contributed by atoms with E-state index in [2.05, 4.69) is 25.5 Å². The van der Waals surface area contributed by atoms with Crippen LogP contribution in [-0.4, -0.2) is 42.3 Å². The SMILES string of the molecule is COC(=O)OCCCCC1C2CC[C@@]34[C@H](C)C35CC[C@H](O)C(C)(C)C5CC[C@H]4C2C[C@H]1O. The lowest BCUT2D eigenvalue weighted by Crippen LogP contribution is -2.52. The van der Waals surface area contributed by atoms with Crippen LogP contribution in [0.2, 0.25) is 0 Å². The summed E-state index contributed by atoms with van der Waals surface area (Å²) in [7, 11) is 1.34. The van der Waals surface area contributed by atoms with E-state index < -0.39 is 6.16 Å². The number of hydrogen-bond donors (Lipinski definition) is 2. The van der Waals surface area contributed by atoms with Gasteiger partial charge >= 0.3 is 6.16 Å². The molecule has 0 aromatic carbocycles. The van der Waals surface area contributed by atoms with Gasteiger partial charge in [-0.3, -0.25) is 0 Å². The Labute approximate surface area is 193 Å². The van der Waals surface area contributed by atoms with E-state index in [1.54, 1.807) is 0 Å². The van der Waals surface area contributed by atoms with Gasteiger partial charge in [0.1, 0.15) is 0 Å². The van der Waals surface area contributed by atoms with E-state index in [-0.39, 0.29) is 17.6 Å². The van der Waals surface area contributed by atoms with Gasteiger partial charge in [0.05, 0.1) is 25.9 Å². The molecule has 0 aromatic rings. The molecule has 0 bridgehead atoms. The molecular formula is C27H44O5. The summed E-state index contributed by atoms with van der Waals surface area (Å²) in [6, 6.07) is 0. The third kappa shape index (κ3) is 2.92. The second-order valence-corrected chi connectivity index (χ2v) is 12.5. The zero-order chi connectivity index (χ0) is 22.9. The van der Waals surface area contributed by atoms with Crippen molar-refractivity contribution in [1.29, 1.82) is 0 Å². The highest BCUT2D eigenvalue weighted by molar-refractivity contribution is 5.59. The maximum absolute atomic E-state index is 11.1. The second-order valence-electron chi connectivity index (χ2n) is 12.5. The van der Waals surface area contributed by atoms with Gasteiger partial charge in [-0.05, 0) is 116 Å². The summed E-state index contributed by atoms with van der Waals surface area (Å²) in [5, 5.41) is 21.9. The van der Waals surface area contributed by atoms with Crippen LogP contribution in [0.25, 0.3) is 0 Å². The Morgan fingerprint density at radius 2 is 1.75 bits per heavy atom. The van der Waals surface area contributed by atoms with Gasteiger partial charge in [0, 0.05) is 0 Å². The van der Waals surface area contributed by atoms with Crippen LogP contribution in [0, 0.1) is 51.8 Å². The fourth-order valence-corrected chi connectivity index (χ4v) is 10.5. The maximum atomic E-state index is 11.1. The maximum Gasteiger partial charge on any atom is 0.507 e. The molecule has 0 amide bonds. The van der Waals surface area contributed by atoms with Gasteiger partial charge in [-0.1, -0.05) is 20.8 Å². The third-order valence-electron chi connectivity index (χ3n) is 11.8. The summed E-state index contributed by atoms with van der Waals surface area (Å²) in [5.41, 5.74) is 0.942. The Kier molecular flexibility index (Phi) is 5.64. The first kappa shape index (κ1) is 23.0. The number of methoxy groups -OCH3 is 1. The predicted octanol–water partition coefficient (Wildman–Crippen LogP) is 5.18. The first-order valence-corrected chi connectivity index (χ1v) is 13.3. The van der Waals surface area contributed by atoms with Crippen molar-refractivity contribution in [1.82, 2.24) is 0 Å². The molecule has 0 heterocycles. The number of unbranched alkanes of at least 4 members (excludes halogenated alkanes) is 1. The molecule has 32 heavy (non-hydrogen) atoms. The fourth-order valence-electron chi connectivity index (χ4n) is 10.5. The van der Waals surface area contributed by atoms with Crippen LogP contribution in [0.4, 0.5) is 4.79 Å². The highest BCUT2D eigenvalue weighted by atomic mass is 16.7. The standard InChI is InChI=1S/C27H44O5/c1-16-26-12-10-17-18(7-5-6-14-32-24(30)31-4)21(28)15-19(17)20(26)8-9-22-25(2,3)23(29)11-13-27(16,22)26/h16-23,28-29H,5-15H2,1-4H3/t16-,17?,18?,19?,20-,21+,22?,23-,26-,27?/m0/s1. The number of aliphatic hydroxyl groups is 2. The van der Waals surface area contributed by atoms with Crippen molar-refractivity contribution in [2.45, 2.75) is 97.2 Å². The molecule has 5 aliphatic carbocycles. The summed E-state index contributed by atoms with van der Waals surface area (Å²) in [4.78, 5) is 11.1. The second kappa shape index (κ2) is 7.86. The van der Waals surface area contributed by atoms with E-state index in [9.17, 15) is 15.0 Å². The van der Waals surface area contributed by atoms with Crippen molar-refractivity contribution in [3.05, 3.63) is 0 Å². The molecule has 5 rings (SSSR count). The number of rotatable bonds is 5. The number of fused-ring (bicyclic) bond motifs is 2. The van der Waals surface area contributed by atoms with E-state index in [1.807, 2.05) is 0 Å². The predicted molar refractivity (Wildman–Crippen MR) is 122 cm³/mol. The average Bonchev–Trinajstić information content (AvgIpc) is 3.12. The minimum Gasteiger partial charge on any atom is -0.438 e. The Bertz CT molecular complexity index is 736. The van der Waals surface area contributed by atoms with Crippen LogP contribution >= 0.6 is 0 Å². The fraction of sp³-hybridized carbons (Fsp3) is 0.963. The zero-order valence-electron chi connectivity index (χ0n) is 20.5. The summed E-state index contributed by atoms with van der Waals surface area (Å²) in [5.74, 6) is 3.92. The molecule has 5 saturated carbocycles. The molecule has 0 aliphatic heterocycles. The number of ether oxygens (including phenoxy) is 2. The van der Waals surface area contributed by atoms with E-state index in [4.69, 9.17) is 4.74 Å². The van der Waals surface area contributed by atoms with Gasteiger partial charge < -0.3 is 19.7 Å². The van der Waals surface area contributed by atoms with Crippen molar-refractivity contribution in [3.63, 3.8) is 0 Å². The number of carbonyl (C=O) groups excluding carboxylic acids is 1. The Hall–Kier alpha value is -0.810. The molecule has 5 unspecified atom stereocenters. The van der Waals surface area contributed by atoms with Crippen molar-refractivity contribution >= 4 is 6.16 Å².